The third-order valence-corrected chi connectivity index (χ3v) is 4.44. The number of thioether (sulfide) groups is 1. The van der Waals surface area contributed by atoms with Crippen molar-refractivity contribution in [3.05, 3.63) is 11.6 Å². The van der Waals surface area contributed by atoms with Crippen LogP contribution in [0.4, 0.5) is 0 Å². The van der Waals surface area contributed by atoms with Crippen LogP contribution in [0.1, 0.15) is 39.5 Å². The highest BCUT2D eigenvalue weighted by Gasteiger charge is 2.17. The molecule has 0 heterocycles. The molecule has 0 aromatic rings. The number of rotatable bonds is 6. The molecule has 0 saturated carbocycles. The number of allylic oxidation sites excluding steroid dienone is 2. The minimum absolute atomic E-state index is 0.118. The van der Waals surface area contributed by atoms with E-state index in [1.165, 1.54) is 26.4 Å². The van der Waals surface area contributed by atoms with Gasteiger partial charge in [0.1, 0.15) is 0 Å². The Morgan fingerprint density at radius 3 is 2.88 bits per heavy atom. The van der Waals surface area contributed by atoms with E-state index in [1.807, 2.05) is 0 Å². The zero-order chi connectivity index (χ0) is 12.7. The molecule has 0 fully saturated rings. The smallest absolute Gasteiger partial charge is 0.315 e. The molecule has 1 atom stereocenters. The van der Waals surface area contributed by atoms with Gasteiger partial charge >= 0.3 is 5.97 Å². The van der Waals surface area contributed by atoms with Crippen LogP contribution in [0.25, 0.3) is 0 Å². The first-order valence-electron chi connectivity index (χ1n) is 6.46. The van der Waals surface area contributed by atoms with Crippen molar-refractivity contribution in [3.8, 4) is 0 Å². The van der Waals surface area contributed by atoms with Crippen LogP contribution in [-0.2, 0) is 9.53 Å². The van der Waals surface area contributed by atoms with E-state index in [0.717, 1.165) is 24.0 Å². The van der Waals surface area contributed by atoms with Crippen molar-refractivity contribution in [1.82, 2.24) is 0 Å². The molecular weight excluding hydrogens is 232 g/mol. The van der Waals surface area contributed by atoms with Gasteiger partial charge < -0.3 is 4.74 Å². The van der Waals surface area contributed by atoms with Crippen LogP contribution >= 0.6 is 11.8 Å². The van der Waals surface area contributed by atoms with Crippen molar-refractivity contribution in [3.63, 3.8) is 0 Å². The zero-order valence-corrected chi connectivity index (χ0v) is 12.0. The topological polar surface area (TPSA) is 26.3 Å². The lowest BCUT2D eigenvalue weighted by Gasteiger charge is -2.24. The van der Waals surface area contributed by atoms with Crippen LogP contribution in [0.15, 0.2) is 11.6 Å². The Balaban J connectivity index is 2.15. The zero-order valence-electron chi connectivity index (χ0n) is 11.2. The SMILES string of the molecule is COC(=O)CSCCC1=CC[C@@H](C(C)C)CC1. The van der Waals surface area contributed by atoms with Gasteiger partial charge in [-0.15, -0.1) is 11.8 Å². The highest BCUT2D eigenvalue weighted by Crippen LogP contribution is 2.30. The molecule has 0 amide bonds. The molecule has 0 saturated heterocycles. The maximum atomic E-state index is 10.9. The molecule has 0 bridgehead atoms. The molecule has 17 heavy (non-hydrogen) atoms. The summed E-state index contributed by atoms with van der Waals surface area (Å²) in [5, 5.41) is 0. The molecule has 0 aromatic heterocycles. The van der Waals surface area contributed by atoms with E-state index in [4.69, 9.17) is 0 Å². The third kappa shape index (κ3) is 5.62. The Morgan fingerprint density at radius 1 is 1.59 bits per heavy atom. The molecule has 2 nitrogen and oxygen atoms in total. The van der Waals surface area contributed by atoms with Crippen molar-refractivity contribution in [2.24, 2.45) is 11.8 Å². The minimum Gasteiger partial charge on any atom is -0.468 e. The Labute approximate surface area is 109 Å². The summed E-state index contributed by atoms with van der Waals surface area (Å²) in [4.78, 5) is 10.9. The summed E-state index contributed by atoms with van der Waals surface area (Å²) in [7, 11) is 1.44. The van der Waals surface area contributed by atoms with Gasteiger partial charge in [0.2, 0.25) is 0 Å². The number of methoxy groups -OCH3 is 1. The maximum Gasteiger partial charge on any atom is 0.315 e. The first-order valence-corrected chi connectivity index (χ1v) is 7.61. The van der Waals surface area contributed by atoms with Crippen molar-refractivity contribution in [2.45, 2.75) is 39.5 Å². The predicted molar refractivity (Wildman–Crippen MR) is 74.2 cm³/mol. The normalized spacial score (nSPS) is 20.2. The van der Waals surface area contributed by atoms with Crippen molar-refractivity contribution in [1.29, 1.82) is 0 Å². The van der Waals surface area contributed by atoms with Crippen LogP contribution in [0, 0.1) is 11.8 Å². The molecular formula is C14H24O2S. The van der Waals surface area contributed by atoms with Crippen molar-refractivity contribution < 1.29 is 9.53 Å². The first kappa shape index (κ1) is 14.6. The Hall–Kier alpha value is -0.440. The minimum atomic E-state index is -0.118. The Bertz CT molecular complexity index is 271. The number of esters is 1. The second-order valence-electron chi connectivity index (χ2n) is 5.02. The van der Waals surface area contributed by atoms with Gasteiger partial charge in [-0.2, -0.15) is 0 Å². The number of carbonyl (C=O) groups excluding carboxylic acids is 1. The monoisotopic (exact) mass is 256 g/mol. The van der Waals surface area contributed by atoms with Gasteiger partial charge in [-0.05, 0) is 43.3 Å². The van der Waals surface area contributed by atoms with E-state index in [1.54, 1.807) is 17.3 Å². The summed E-state index contributed by atoms with van der Waals surface area (Å²) in [6.07, 6.45) is 7.39. The van der Waals surface area contributed by atoms with Gasteiger partial charge in [0.25, 0.3) is 0 Å². The van der Waals surface area contributed by atoms with Crippen LogP contribution in [0.3, 0.4) is 0 Å². The molecule has 3 heteroatoms. The molecule has 0 aromatic carbocycles. The van der Waals surface area contributed by atoms with E-state index in [0.29, 0.717) is 5.75 Å². The van der Waals surface area contributed by atoms with E-state index in [2.05, 4.69) is 24.7 Å². The first-order chi connectivity index (χ1) is 8.13. The maximum absolute atomic E-state index is 10.9. The van der Waals surface area contributed by atoms with E-state index >= 15 is 0 Å². The van der Waals surface area contributed by atoms with Gasteiger partial charge in [0.05, 0.1) is 12.9 Å². The van der Waals surface area contributed by atoms with Gasteiger partial charge in [-0.25, -0.2) is 0 Å². The average molecular weight is 256 g/mol. The van der Waals surface area contributed by atoms with Crippen LogP contribution < -0.4 is 0 Å². The van der Waals surface area contributed by atoms with Crippen molar-refractivity contribution in [2.75, 3.05) is 18.6 Å². The lowest BCUT2D eigenvalue weighted by atomic mass is 9.82. The summed E-state index contributed by atoms with van der Waals surface area (Å²) in [5.74, 6) is 3.08. The summed E-state index contributed by atoms with van der Waals surface area (Å²) in [6, 6.07) is 0. The number of ether oxygens (including phenoxy) is 1. The molecule has 0 radical (unpaired) electrons. The Morgan fingerprint density at radius 2 is 2.35 bits per heavy atom. The van der Waals surface area contributed by atoms with E-state index in [-0.39, 0.29) is 5.97 Å². The van der Waals surface area contributed by atoms with Crippen LogP contribution in [0.2, 0.25) is 0 Å². The molecule has 0 aliphatic heterocycles. The molecule has 98 valence electrons. The molecule has 1 rings (SSSR count). The third-order valence-electron chi connectivity index (χ3n) is 3.50. The van der Waals surface area contributed by atoms with Gasteiger partial charge in [0.15, 0.2) is 0 Å². The average Bonchev–Trinajstić information content (AvgIpc) is 2.34. The fraction of sp³-hybridized carbons (Fsp3) is 0.786. The lowest BCUT2D eigenvalue weighted by Crippen LogP contribution is -2.12. The molecule has 1 aliphatic carbocycles. The van der Waals surface area contributed by atoms with Crippen molar-refractivity contribution >= 4 is 17.7 Å². The molecule has 0 unspecified atom stereocenters. The molecule has 0 spiro atoms. The fourth-order valence-corrected chi connectivity index (χ4v) is 2.99. The number of hydrogen-bond acceptors (Lipinski definition) is 3. The number of hydrogen-bond donors (Lipinski definition) is 0. The van der Waals surface area contributed by atoms with Crippen LogP contribution in [-0.4, -0.2) is 24.6 Å². The molecule has 1 aliphatic rings. The van der Waals surface area contributed by atoms with E-state index in [9.17, 15) is 4.79 Å². The summed E-state index contributed by atoms with van der Waals surface area (Å²) in [6.45, 7) is 4.63. The Kier molecular flexibility index (Phi) is 6.71. The standard InChI is InChI=1S/C14H24O2S/c1-11(2)13-6-4-12(5-7-13)8-9-17-10-14(15)16-3/h4,11,13H,5-10H2,1-3H3/t13-/m1/s1. The summed E-state index contributed by atoms with van der Waals surface area (Å²) >= 11 is 1.67. The largest absolute Gasteiger partial charge is 0.468 e. The highest BCUT2D eigenvalue weighted by atomic mass is 32.2. The second kappa shape index (κ2) is 7.80. The fourth-order valence-electron chi connectivity index (χ4n) is 2.16. The molecule has 0 N–H and O–H groups in total. The van der Waals surface area contributed by atoms with E-state index < -0.39 is 0 Å². The summed E-state index contributed by atoms with van der Waals surface area (Å²) in [5.41, 5.74) is 1.58. The van der Waals surface area contributed by atoms with Gasteiger partial charge in [0, 0.05) is 0 Å². The lowest BCUT2D eigenvalue weighted by molar-refractivity contribution is -0.137. The highest BCUT2D eigenvalue weighted by molar-refractivity contribution is 7.99. The summed E-state index contributed by atoms with van der Waals surface area (Å²) < 4.78 is 4.61. The number of carbonyl (C=O) groups is 1. The second-order valence-corrected chi connectivity index (χ2v) is 6.12. The predicted octanol–water partition coefficient (Wildman–Crippen LogP) is 3.67. The quantitative estimate of drug-likeness (QED) is 0.412. The van der Waals surface area contributed by atoms with Crippen LogP contribution in [0.5, 0.6) is 0 Å². The van der Waals surface area contributed by atoms with Gasteiger partial charge in [-0.1, -0.05) is 25.5 Å². The van der Waals surface area contributed by atoms with Gasteiger partial charge in [-0.3, -0.25) is 4.79 Å².